The molecule has 0 saturated carbocycles. The number of benzene rings is 1. The highest BCUT2D eigenvalue weighted by Crippen LogP contribution is 2.28. The molecular formula is C16H23N3O4. The van der Waals surface area contributed by atoms with E-state index in [1.165, 1.54) is 18.2 Å². The van der Waals surface area contributed by atoms with Crippen molar-refractivity contribution in [1.82, 2.24) is 0 Å². The average molecular weight is 321 g/mol. The van der Waals surface area contributed by atoms with Crippen molar-refractivity contribution in [1.29, 1.82) is 0 Å². The minimum absolute atomic E-state index is 0.101. The van der Waals surface area contributed by atoms with E-state index >= 15 is 0 Å². The van der Waals surface area contributed by atoms with Crippen molar-refractivity contribution < 1.29 is 14.5 Å². The van der Waals surface area contributed by atoms with Gasteiger partial charge in [0.2, 0.25) is 11.8 Å². The molecule has 2 N–H and O–H groups in total. The third kappa shape index (κ3) is 6.46. The largest absolute Gasteiger partial charge is 0.326 e. The molecule has 0 spiro atoms. The van der Waals surface area contributed by atoms with Crippen LogP contribution >= 0.6 is 0 Å². The van der Waals surface area contributed by atoms with E-state index in [1.807, 2.05) is 13.8 Å². The number of hydrogen-bond acceptors (Lipinski definition) is 4. The summed E-state index contributed by atoms with van der Waals surface area (Å²) in [5.74, 6) is -0.423. The second kappa shape index (κ2) is 9.55. The SMILES string of the molecule is CCCCC(=O)Nc1ccc([N+](=O)[O-])c(NC(=O)CCCC)c1. The van der Waals surface area contributed by atoms with Gasteiger partial charge in [-0.05, 0) is 25.0 Å². The van der Waals surface area contributed by atoms with E-state index < -0.39 is 4.92 Å². The van der Waals surface area contributed by atoms with E-state index in [4.69, 9.17) is 0 Å². The number of anilines is 2. The molecule has 0 bridgehead atoms. The number of rotatable bonds is 9. The van der Waals surface area contributed by atoms with Crippen LogP contribution in [0.4, 0.5) is 17.1 Å². The molecule has 1 aromatic rings. The van der Waals surface area contributed by atoms with E-state index in [9.17, 15) is 19.7 Å². The summed E-state index contributed by atoms with van der Waals surface area (Å²) in [5.41, 5.74) is 0.341. The molecule has 7 nitrogen and oxygen atoms in total. The monoisotopic (exact) mass is 321 g/mol. The predicted octanol–water partition coefficient (Wildman–Crippen LogP) is 3.85. The predicted molar refractivity (Wildman–Crippen MR) is 89.4 cm³/mol. The maximum absolute atomic E-state index is 11.8. The van der Waals surface area contributed by atoms with E-state index in [2.05, 4.69) is 10.6 Å². The van der Waals surface area contributed by atoms with Gasteiger partial charge in [-0.1, -0.05) is 26.7 Å². The molecule has 0 aliphatic heterocycles. The van der Waals surface area contributed by atoms with Crippen LogP contribution in [0, 0.1) is 10.1 Å². The molecule has 0 saturated heterocycles. The van der Waals surface area contributed by atoms with Crippen molar-refractivity contribution in [3.63, 3.8) is 0 Å². The number of carbonyl (C=O) groups excluding carboxylic acids is 2. The number of nitro benzene ring substituents is 1. The topological polar surface area (TPSA) is 101 Å². The lowest BCUT2D eigenvalue weighted by Gasteiger charge is -2.09. The van der Waals surface area contributed by atoms with Gasteiger partial charge in [-0.15, -0.1) is 0 Å². The molecule has 0 radical (unpaired) electrons. The lowest BCUT2D eigenvalue weighted by atomic mass is 10.2. The van der Waals surface area contributed by atoms with Crippen molar-refractivity contribution in [3.8, 4) is 0 Å². The molecular weight excluding hydrogens is 298 g/mol. The fourth-order valence-electron chi connectivity index (χ4n) is 1.98. The van der Waals surface area contributed by atoms with Gasteiger partial charge in [-0.3, -0.25) is 19.7 Å². The van der Waals surface area contributed by atoms with Crippen molar-refractivity contribution in [2.24, 2.45) is 0 Å². The van der Waals surface area contributed by atoms with Crippen LogP contribution in [-0.4, -0.2) is 16.7 Å². The van der Waals surface area contributed by atoms with Crippen molar-refractivity contribution >= 4 is 28.9 Å². The maximum atomic E-state index is 11.8. The third-order valence-electron chi connectivity index (χ3n) is 3.27. The Balaban J connectivity index is 2.87. The molecule has 0 aliphatic rings. The fourth-order valence-corrected chi connectivity index (χ4v) is 1.98. The Hall–Kier alpha value is -2.44. The van der Waals surface area contributed by atoms with Crippen molar-refractivity contribution in [3.05, 3.63) is 28.3 Å². The highest BCUT2D eigenvalue weighted by Gasteiger charge is 2.17. The highest BCUT2D eigenvalue weighted by molar-refractivity contribution is 5.96. The zero-order chi connectivity index (χ0) is 17.2. The Labute approximate surface area is 135 Å². The van der Waals surface area contributed by atoms with E-state index in [1.54, 1.807) is 0 Å². The number of amides is 2. The first-order valence-electron chi connectivity index (χ1n) is 7.86. The quantitative estimate of drug-likeness (QED) is 0.532. The van der Waals surface area contributed by atoms with Gasteiger partial charge in [0.1, 0.15) is 5.69 Å². The molecule has 0 fully saturated rings. The smallest absolute Gasteiger partial charge is 0.292 e. The zero-order valence-corrected chi connectivity index (χ0v) is 13.6. The Morgan fingerprint density at radius 3 is 2.13 bits per heavy atom. The number of nitrogens with one attached hydrogen (secondary N) is 2. The average Bonchev–Trinajstić information content (AvgIpc) is 2.50. The van der Waals surface area contributed by atoms with E-state index in [-0.39, 0.29) is 23.2 Å². The van der Waals surface area contributed by atoms with Crippen LogP contribution in [0.5, 0.6) is 0 Å². The van der Waals surface area contributed by atoms with E-state index in [0.717, 1.165) is 19.3 Å². The Bertz CT molecular complexity index is 572. The number of unbranched alkanes of at least 4 members (excludes halogenated alkanes) is 2. The lowest BCUT2D eigenvalue weighted by Crippen LogP contribution is -2.14. The van der Waals surface area contributed by atoms with Gasteiger partial charge in [0, 0.05) is 24.6 Å². The van der Waals surface area contributed by atoms with Gasteiger partial charge in [-0.2, -0.15) is 0 Å². The highest BCUT2D eigenvalue weighted by atomic mass is 16.6. The van der Waals surface area contributed by atoms with Crippen LogP contribution in [0.3, 0.4) is 0 Å². The molecule has 1 rings (SSSR count). The third-order valence-corrected chi connectivity index (χ3v) is 3.27. The molecule has 0 atom stereocenters. The molecule has 0 unspecified atom stereocenters. The Morgan fingerprint density at radius 1 is 1.04 bits per heavy atom. The standard InChI is InChI=1S/C16H23N3O4/c1-3-5-7-15(20)17-12-9-10-14(19(22)23)13(11-12)18-16(21)8-6-4-2/h9-11H,3-8H2,1-2H3,(H,17,20)(H,18,21). The first kappa shape index (κ1) is 18.6. The fraction of sp³-hybridized carbons (Fsp3) is 0.500. The van der Waals surface area contributed by atoms with Gasteiger partial charge in [-0.25, -0.2) is 0 Å². The number of carbonyl (C=O) groups is 2. The van der Waals surface area contributed by atoms with Crippen LogP contribution < -0.4 is 10.6 Å². The lowest BCUT2D eigenvalue weighted by molar-refractivity contribution is -0.383. The van der Waals surface area contributed by atoms with Crippen LogP contribution in [0.1, 0.15) is 52.4 Å². The minimum Gasteiger partial charge on any atom is -0.326 e. The van der Waals surface area contributed by atoms with Gasteiger partial charge in [0.05, 0.1) is 4.92 Å². The van der Waals surface area contributed by atoms with Crippen molar-refractivity contribution in [2.45, 2.75) is 52.4 Å². The Morgan fingerprint density at radius 2 is 1.61 bits per heavy atom. The molecule has 126 valence electrons. The number of nitrogens with zero attached hydrogens (tertiary/aromatic N) is 1. The second-order valence-corrected chi connectivity index (χ2v) is 5.29. The molecule has 0 heterocycles. The summed E-state index contributed by atoms with van der Waals surface area (Å²) in [4.78, 5) is 34.0. The van der Waals surface area contributed by atoms with Gasteiger partial charge >= 0.3 is 0 Å². The summed E-state index contributed by atoms with van der Waals surface area (Å²) < 4.78 is 0. The van der Waals surface area contributed by atoms with Gasteiger partial charge in [0.25, 0.3) is 5.69 Å². The number of nitro groups is 1. The molecule has 23 heavy (non-hydrogen) atoms. The van der Waals surface area contributed by atoms with Crippen LogP contribution in [0.25, 0.3) is 0 Å². The first-order chi connectivity index (χ1) is 11.0. The van der Waals surface area contributed by atoms with E-state index in [0.29, 0.717) is 24.9 Å². The summed E-state index contributed by atoms with van der Waals surface area (Å²) in [6, 6.07) is 4.17. The maximum Gasteiger partial charge on any atom is 0.292 e. The van der Waals surface area contributed by atoms with Gasteiger partial charge < -0.3 is 10.6 Å². The van der Waals surface area contributed by atoms with Crippen LogP contribution in [0.2, 0.25) is 0 Å². The summed E-state index contributed by atoms with van der Waals surface area (Å²) in [5, 5.41) is 16.3. The molecule has 2 amide bonds. The van der Waals surface area contributed by atoms with Crippen LogP contribution in [0.15, 0.2) is 18.2 Å². The second-order valence-electron chi connectivity index (χ2n) is 5.29. The summed E-state index contributed by atoms with van der Waals surface area (Å²) in [6.07, 6.45) is 3.97. The molecule has 0 aromatic heterocycles. The summed E-state index contributed by atoms with van der Waals surface area (Å²) in [6.45, 7) is 3.95. The summed E-state index contributed by atoms with van der Waals surface area (Å²) >= 11 is 0. The molecule has 1 aromatic carbocycles. The first-order valence-corrected chi connectivity index (χ1v) is 7.86. The summed E-state index contributed by atoms with van der Waals surface area (Å²) in [7, 11) is 0. The molecule has 0 aliphatic carbocycles. The number of hydrogen-bond donors (Lipinski definition) is 2. The Kier molecular flexibility index (Phi) is 7.73. The van der Waals surface area contributed by atoms with Crippen LogP contribution in [-0.2, 0) is 9.59 Å². The van der Waals surface area contributed by atoms with Gasteiger partial charge in [0.15, 0.2) is 0 Å². The molecule has 7 heteroatoms. The zero-order valence-electron chi connectivity index (χ0n) is 13.6. The van der Waals surface area contributed by atoms with Crippen molar-refractivity contribution in [2.75, 3.05) is 10.6 Å². The normalized spacial score (nSPS) is 10.2. The minimum atomic E-state index is -0.557.